The van der Waals surface area contributed by atoms with Crippen LogP contribution in [0.1, 0.15) is 6.92 Å². The smallest absolute Gasteiger partial charge is 0.264 e. The molecule has 1 unspecified atom stereocenters. The molecule has 114 valence electrons. The first-order valence-corrected chi connectivity index (χ1v) is 7.60. The maximum atomic E-state index is 12.5. The minimum atomic E-state index is -4.67. The largest absolute Gasteiger partial charge is 0.404 e. The predicted molar refractivity (Wildman–Crippen MR) is 72.6 cm³/mol. The highest BCUT2D eigenvalue weighted by molar-refractivity contribution is 7.89. The van der Waals surface area contributed by atoms with Crippen LogP contribution in [0.5, 0.6) is 0 Å². The lowest BCUT2D eigenvalue weighted by atomic mass is 10.2. The van der Waals surface area contributed by atoms with E-state index in [1.165, 1.54) is 24.5 Å². The van der Waals surface area contributed by atoms with Crippen molar-refractivity contribution in [3.63, 3.8) is 0 Å². The Labute approximate surface area is 124 Å². The minimum Gasteiger partial charge on any atom is -0.264 e. The van der Waals surface area contributed by atoms with Gasteiger partial charge >= 0.3 is 6.18 Å². The number of alkyl halides is 3. The Kier molecular flexibility index (Phi) is 4.14. The van der Waals surface area contributed by atoms with Crippen molar-refractivity contribution < 1.29 is 21.6 Å². The molecule has 0 bridgehead atoms. The van der Waals surface area contributed by atoms with Crippen LogP contribution in [0.2, 0.25) is 5.02 Å². The highest BCUT2D eigenvalue weighted by Gasteiger charge is 2.39. The second-order valence-corrected chi connectivity index (χ2v) is 6.44. The number of pyridine rings is 1. The number of benzene rings is 1. The summed E-state index contributed by atoms with van der Waals surface area (Å²) in [6, 6.07) is 1.65. The van der Waals surface area contributed by atoms with Gasteiger partial charge in [0, 0.05) is 23.2 Å². The average molecular weight is 339 g/mol. The normalized spacial score (nSPS) is 14.3. The summed E-state index contributed by atoms with van der Waals surface area (Å²) in [5.74, 6) is 0. The summed E-state index contributed by atoms with van der Waals surface area (Å²) in [4.78, 5) is 3.54. The summed E-state index contributed by atoms with van der Waals surface area (Å²) in [5, 5.41) is 0.821. The Morgan fingerprint density at radius 3 is 2.52 bits per heavy atom. The van der Waals surface area contributed by atoms with Crippen molar-refractivity contribution in [2.24, 2.45) is 0 Å². The van der Waals surface area contributed by atoms with Gasteiger partial charge in [0.2, 0.25) is 10.0 Å². The zero-order chi connectivity index (χ0) is 15.8. The van der Waals surface area contributed by atoms with Gasteiger partial charge in [-0.1, -0.05) is 11.6 Å². The van der Waals surface area contributed by atoms with Gasteiger partial charge in [-0.15, -0.1) is 0 Å². The lowest BCUT2D eigenvalue weighted by Crippen LogP contribution is -2.43. The van der Waals surface area contributed by atoms with Crippen molar-refractivity contribution in [1.29, 1.82) is 0 Å². The van der Waals surface area contributed by atoms with E-state index in [4.69, 9.17) is 11.6 Å². The number of fused-ring (bicyclic) bond motifs is 1. The summed E-state index contributed by atoms with van der Waals surface area (Å²) < 4.78 is 63.4. The molecular formula is C12H10ClF3N2O2S. The molecule has 21 heavy (non-hydrogen) atoms. The van der Waals surface area contributed by atoms with Crippen molar-refractivity contribution in [2.45, 2.75) is 24.0 Å². The van der Waals surface area contributed by atoms with Crippen LogP contribution in [0.25, 0.3) is 10.8 Å². The Bertz CT molecular complexity index is 778. The number of nitrogens with zero attached hydrogens (tertiary/aromatic N) is 1. The maximum Gasteiger partial charge on any atom is 0.404 e. The fraction of sp³-hybridized carbons (Fsp3) is 0.250. The summed E-state index contributed by atoms with van der Waals surface area (Å²) in [7, 11) is -4.34. The number of sulfonamides is 1. The standard InChI is InChI=1S/C12H10ClF3N2O2S/c1-7(12(14,15)16)18-21(19,20)11-3-2-10(13)9-6-17-5-4-8(9)11/h2-7,18H,1H3. The molecule has 1 aromatic carbocycles. The second-order valence-electron chi connectivity index (χ2n) is 4.35. The molecule has 0 amide bonds. The monoisotopic (exact) mass is 338 g/mol. The first kappa shape index (κ1) is 16.0. The predicted octanol–water partition coefficient (Wildman–Crippen LogP) is 3.12. The Hall–Kier alpha value is -1.38. The number of nitrogens with one attached hydrogen (secondary N) is 1. The van der Waals surface area contributed by atoms with Crippen molar-refractivity contribution in [2.75, 3.05) is 0 Å². The third-order valence-electron chi connectivity index (χ3n) is 2.84. The van der Waals surface area contributed by atoms with E-state index in [1.807, 2.05) is 0 Å². The molecule has 0 spiro atoms. The Balaban J connectivity index is 2.54. The van der Waals surface area contributed by atoms with Crippen LogP contribution in [-0.2, 0) is 10.0 Å². The molecular weight excluding hydrogens is 329 g/mol. The van der Waals surface area contributed by atoms with Gasteiger partial charge in [-0.25, -0.2) is 8.42 Å². The molecule has 4 nitrogen and oxygen atoms in total. The molecule has 9 heteroatoms. The molecule has 0 saturated heterocycles. The summed E-state index contributed by atoms with van der Waals surface area (Å²) in [6.45, 7) is 0.733. The van der Waals surface area contributed by atoms with Gasteiger partial charge in [0.15, 0.2) is 0 Å². The Morgan fingerprint density at radius 1 is 1.24 bits per heavy atom. The molecule has 2 rings (SSSR count). The first-order chi connectivity index (χ1) is 9.63. The number of halogens is 4. The van der Waals surface area contributed by atoms with E-state index in [1.54, 1.807) is 4.72 Å². The fourth-order valence-electron chi connectivity index (χ4n) is 1.73. The maximum absolute atomic E-state index is 12.5. The molecule has 0 radical (unpaired) electrons. The van der Waals surface area contributed by atoms with Gasteiger partial charge in [0.05, 0.1) is 9.92 Å². The van der Waals surface area contributed by atoms with Crippen LogP contribution in [0, 0.1) is 0 Å². The van der Waals surface area contributed by atoms with E-state index >= 15 is 0 Å². The van der Waals surface area contributed by atoms with Gasteiger partial charge < -0.3 is 0 Å². The first-order valence-electron chi connectivity index (χ1n) is 5.74. The zero-order valence-electron chi connectivity index (χ0n) is 10.6. The van der Waals surface area contributed by atoms with E-state index < -0.39 is 22.2 Å². The van der Waals surface area contributed by atoms with E-state index in [2.05, 4.69) is 4.98 Å². The van der Waals surface area contributed by atoms with Crippen LogP contribution in [0.15, 0.2) is 35.5 Å². The molecule has 0 aliphatic rings. The van der Waals surface area contributed by atoms with Gasteiger partial charge in [0.25, 0.3) is 0 Å². The second kappa shape index (κ2) is 5.43. The van der Waals surface area contributed by atoms with Gasteiger partial charge in [-0.05, 0) is 25.1 Å². The molecule has 1 atom stereocenters. The van der Waals surface area contributed by atoms with Crippen molar-refractivity contribution in [3.05, 3.63) is 35.6 Å². The lowest BCUT2D eigenvalue weighted by Gasteiger charge is -2.18. The van der Waals surface area contributed by atoms with E-state index in [-0.39, 0.29) is 15.3 Å². The van der Waals surface area contributed by atoms with Crippen molar-refractivity contribution >= 4 is 32.4 Å². The average Bonchev–Trinajstić information content (AvgIpc) is 2.37. The number of aromatic nitrogens is 1. The zero-order valence-corrected chi connectivity index (χ0v) is 12.2. The van der Waals surface area contributed by atoms with Crippen LogP contribution in [0.3, 0.4) is 0 Å². The SMILES string of the molecule is CC(NS(=O)(=O)c1ccc(Cl)c2cnccc12)C(F)(F)F. The molecule has 0 aliphatic carbocycles. The van der Waals surface area contributed by atoms with Crippen LogP contribution < -0.4 is 4.72 Å². The highest BCUT2D eigenvalue weighted by atomic mass is 35.5. The lowest BCUT2D eigenvalue weighted by molar-refractivity contribution is -0.147. The number of rotatable bonds is 3. The highest BCUT2D eigenvalue weighted by Crippen LogP contribution is 2.29. The van der Waals surface area contributed by atoms with E-state index in [9.17, 15) is 21.6 Å². The Morgan fingerprint density at radius 2 is 1.90 bits per heavy atom. The van der Waals surface area contributed by atoms with Gasteiger partial charge in [-0.2, -0.15) is 17.9 Å². The molecule has 0 fully saturated rings. The van der Waals surface area contributed by atoms with Crippen molar-refractivity contribution in [1.82, 2.24) is 9.71 Å². The summed E-state index contributed by atoms with van der Waals surface area (Å²) in [5.41, 5.74) is 0. The molecule has 2 aromatic rings. The molecule has 1 heterocycles. The van der Waals surface area contributed by atoms with Gasteiger partial charge in [0.1, 0.15) is 6.04 Å². The summed E-state index contributed by atoms with van der Waals surface area (Å²) >= 11 is 5.92. The van der Waals surface area contributed by atoms with Crippen LogP contribution in [-0.4, -0.2) is 25.6 Å². The van der Waals surface area contributed by atoms with Crippen molar-refractivity contribution in [3.8, 4) is 0 Å². The summed E-state index contributed by atoms with van der Waals surface area (Å²) in [6.07, 6.45) is -1.98. The third kappa shape index (κ3) is 3.28. The molecule has 0 aliphatic heterocycles. The molecule has 1 N–H and O–H groups in total. The number of hydrogen-bond donors (Lipinski definition) is 1. The topological polar surface area (TPSA) is 59.1 Å². The fourth-order valence-corrected chi connectivity index (χ4v) is 3.38. The molecule has 0 saturated carbocycles. The number of hydrogen-bond acceptors (Lipinski definition) is 3. The van der Waals surface area contributed by atoms with E-state index in [0.717, 1.165) is 13.0 Å². The van der Waals surface area contributed by atoms with E-state index in [0.29, 0.717) is 5.39 Å². The van der Waals surface area contributed by atoms with Crippen LogP contribution >= 0.6 is 11.6 Å². The molecule has 1 aromatic heterocycles. The van der Waals surface area contributed by atoms with Crippen LogP contribution in [0.4, 0.5) is 13.2 Å². The third-order valence-corrected chi connectivity index (χ3v) is 4.77. The van der Waals surface area contributed by atoms with Gasteiger partial charge in [-0.3, -0.25) is 4.98 Å². The minimum absolute atomic E-state index is 0.208. The quantitative estimate of drug-likeness (QED) is 0.935.